The molecule has 2 aromatic carbocycles. The Labute approximate surface area is 124 Å². The monoisotopic (exact) mass is 303 g/mol. The van der Waals surface area contributed by atoms with E-state index >= 15 is 0 Å². The molecule has 6 heteroatoms. The molecule has 1 aromatic heterocycles. The van der Waals surface area contributed by atoms with Crippen LogP contribution in [0.5, 0.6) is 0 Å². The molecular weight excluding hydrogens is 291 g/mol. The Hall–Kier alpha value is -2.63. The van der Waals surface area contributed by atoms with Crippen LogP contribution in [0.3, 0.4) is 0 Å². The molecule has 0 radical (unpaired) electrons. The molecule has 0 aliphatic heterocycles. The number of fused-ring (bicyclic) bond motifs is 1. The number of nitrogens with zero attached hydrogens (tertiary/aromatic N) is 2. The van der Waals surface area contributed by atoms with Gasteiger partial charge < -0.3 is 5.32 Å². The highest BCUT2D eigenvalue weighted by Crippen LogP contribution is 2.21. The van der Waals surface area contributed by atoms with Gasteiger partial charge >= 0.3 is 0 Å². The lowest BCUT2D eigenvalue weighted by atomic mass is 10.1. The number of hydrogen-bond donors (Lipinski definition) is 1. The molecule has 3 aromatic rings. The van der Waals surface area contributed by atoms with Crippen LogP contribution < -0.4 is 5.32 Å². The van der Waals surface area contributed by atoms with Gasteiger partial charge in [-0.1, -0.05) is 6.07 Å². The molecule has 0 spiro atoms. The normalized spacial score (nSPS) is 10.9. The van der Waals surface area contributed by atoms with E-state index in [9.17, 15) is 13.2 Å². The van der Waals surface area contributed by atoms with Crippen molar-refractivity contribution in [2.24, 2.45) is 0 Å². The van der Waals surface area contributed by atoms with Gasteiger partial charge in [0, 0.05) is 18.0 Å². The molecule has 22 heavy (non-hydrogen) atoms. The topological polar surface area (TPSA) is 37.8 Å². The van der Waals surface area contributed by atoms with Crippen molar-refractivity contribution in [2.45, 2.75) is 6.42 Å². The summed E-state index contributed by atoms with van der Waals surface area (Å²) in [5.41, 5.74) is 0.770. The molecule has 0 fully saturated rings. The average Bonchev–Trinajstić information content (AvgIpc) is 2.47. The Morgan fingerprint density at radius 3 is 2.50 bits per heavy atom. The number of rotatable bonds is 4. The number of hydrogen-bond acceptors (Lipinski definition) is 3. The summed E-state index contributed by atoms with van der Waals surface area (Å²) in [6, 6.07) is 8.01. The van der Waals surface area contributed by atoms with E-state index in [2.05, 4.69) is 15.3 Å². The standard InChI is InChI=1S/C16H12F3N3/c17-11-6-10(7-12(18)8-11)4-5-20-16-13-2-1-3-14(19)15(13)21-9-22-16/h1-3,6-9H,4-5H2,(H,20,21,22). The van der Waals surface area contributed by atoms with Gasteiger partial charge in [-0.25, -0.2) is 23.1 Å². The molecule has 0 saturated carbocycles. The molecule has 0 bridgehead atoms. The van der Waals surface area contributed by atoms with Crippen molar-refractivity contribution >= 4 is 16.7 Å². The second-order valence-corrected chi connectivity index (χ2v) is 4.81. The quantitative estimate of drug-likeness (QED) is 0.798. The van der Waals surface area contributed by atoms with Crippen LogP contribution in [0.15, 0.2) is 42.7 Å². The van der Waals surface area contributed by atoms with Gasteiger partial charge in [0.15, 0.2) is 0 Å². The molecule has 0 saturated heterocycles. The molecule has 3 rings (SSSR count). The fourth-order valence-electron chi connectivity index (χ4n) is 2.27. The molecule has 0 atom stereocenters. The smallest absolute Gasteiger partial charge is 0.149 e. The second kappa shape index (κ2) is 6.01. The van der Waals surface area contributed by atoms with E-state index in [-0.39, 0.29) is 5.52 Å². The van der Waals surface area contributed by atoms with Crippen LogP contribution in [0.2, 0.25) is 0 Å². The van der Waals surface area contributed by atoms with Crippen LogP contribution in [0.4, 0.5) is 19.0 Å². The summed E-state index contributed by atoms with van der Waals surface area (Å²) >= 11 is 0. The zero-order chi connectivity index (χ0) is 15.5. The lowest BCUT2D eigenvalue weighted by Gasteiger charge is -2.08. The van der Waals surface area contributed by atoms with Crippen molar-refractivity contribution in [1.29, 1.82) is 0 Å². The highest BCUT2D eigenvalue weighted by atomic mass is 19.1. The van der Waals surface area contributed by atoms with Crippen molar-refractivity contribution in [3.63, 3.8) is 0 Å². The third-order valence-corrected chi connectivity index (χ3v) is 3.24. The lowest BCUT2D eigenvalue weighted by Crippen LogP contribution is -2.07. The summed E-state index contributed by atoms with van der Waals surface area (Å²) in [6.45, 7) is 0.408. The van der Waals surface area contributed by atoms with Gasteiger partial charge in [0.2, 0.25) is 0 Å². The summed E-state index contributed by atoms with van der Waals surface area (Å²) in [7, 11) is 0. The van der Waals surface area contributed by atoms with Crippen molar-refractivity contribution in [3.8, 4) is 0 Å². The molecule has 112 valence electrons. The predicted molar refractivity (Wildman–Crippen MR) is 78.0 cm³/mol. The van der Waals surface area contributed by atoms with E-state index < -0.39 is 17.5 Å². The summed E-state index contributed by atoms with van der Waals surface area (Å²) in [5.74, 6) is -1.15. The number of aromatic nitrogens is 2. The van der Waals surface area contributed by atoms with Gasteiger partial charge in [0.25, 0.3) is 0 Å². The third-order valence-electron chi connectivity index (χ3n) is 3.24. The maximum Gasteiger partial charge on any atom is 0.149 e. The number of nitrogens with one attached hydrogen (secondary N) is 1. The van der Waals surface area contributed by atoms with Crippen LogP contribution in [0.25, 0.3) is 10.9 Å². The molecule has 0 unspecified atom stereocenters. The maximum atomic E-state index is 13.6. The van der Waals surface area contributed by atoms with Gasteiger partial charge in [0.1, 0.15) is 35.1 Å². The minimum absolute atomic E-state index is 0.233. The van der Waals surface area contributed by atoms with Crippen LogP contribution in [0.1, 0.15) is 5.56 Å². The van der Waals surface area contributed by atoms with Crippen LogP contribution in [-0.4, -0.2) is 16.5 Å². The zero-order valence-electron chi connectivity index (χ0n) is 11.5. The second-order valence-electron chi connectivity index (χ2n) is 4.81. The van der Waals surface area contributed by atoms with Gasteiger partial charge in [0.05, 0.1) is 0 Å². The number of halogens is 3. The summed E-state index contributed by atoms with van der Waals surface area (Å²) in [5, 5.41) is 3.60. The Kier molecular flexibility index (Phi) is 3.91. The first kappa shape index (κ1) is 14.3. The highest BCUT2D eigenvalue weighted by Gasteiger charge is 2.07. The Morgan fingerprint density at radius 2 is 1.73 bits per heavy atom. The van der Waals surface area contributed by atoms with Crippen molar-refractivity contribution in [3.05, 3.63) is 65.7 Å². The minimum Gasteiger partial charge on any atom is -0.369 e. The fraction of sp³-hybridized carbons (Fsp3) is 0.125. The first-order chi connectivity index (χ1) is 10.6. The maximum absolute atomic E-state index is 13.6. The van der Waals surface area contributed by atoms with Crippen molar-refractivity contribution in [2.75, 3.05) is 11.9 Å². The summed E-state index contributed by atoms with van der Waals surface area (Å²) in [4.78, 5) is 7.98. The Morgan fingerprint density at radius 1 is 0.955 bits per heavy atom. The van der Waals surface area contributed by atoms with E-state index in [1.54, 1.807) is 12.1 Å². The van der Waals surface area contributed by atoms with E-state index in [0.717, 1.165) is 6.07 Å². The molecule has 1 N–H and O–H groups in total. The van der Waals surface area contributed by atoms with E-state index in [1.807, 2.05) is 0 Å². The third kappa shape index (κ3) is 3.00. The van der Waals surface area contributed by atoms with Gasteiger partial charge in [-0.15, -0.1) is 0 Å². The summed E-state index contributed by atoms with van der Waals surface area (Å²) < 4.78 is 39.9. The van der Waals surface area contributed by atoms with E-state index in [1.165, 1.54) is 24.5 Å². The molecule has 0 aliphatic carbocycles. The average molecular weight is 303 g/mol. The van der Waals surface area contributed by atoms with E-state index in [0.29, 0.717) is 29.7 Å². The number of para-hydroxylation sites is 1. The van der Waals surface area contributed by atoms with Gasteiger partial charge in [-0.3, -0.25) is 0 Å². The largest absolute Gasteiger partial charge is 0.369 e. The first-order valence-electron chi connectivity index (χ1n) is 6.71. The van der Waals surface area contributed by atoms with Crippen LogP contribution in [-0.2, 0) is 6.42 Å². The number of anilines is 1. The predicted octanol–water partition coefficient (Wildman–Crippen LogP) is 3.70. The fourth-order valence-corrected chi connectivity index (χ4v) is 2.27. The lowest BCUT2D eigenvalue weighted by molar-refractivity contribution is 0.580. The first-order valence-corrected chi connectivity index (χ1v) is 6.71. The Bertz CT molecular complexity index is 801. The molecule has 1 heterocycles. The molecule has 0 amide bonds. The summed E-state index contributed by atoms with van der Waals surface area (Å²) in [6.07, 6.45) is 1.69. The van der Waals surface area contributed by atoms with Crippen molar-refractivity contribution < 1.29 is 13.2 Å². The minimum atomic E-state index is -0.607. The molecule has 3 nitrogen and oxygen atoms in total. The highest BCUT2D eigenvalue weighted by molar-refractivity contribution is 5.89. The molecular formula is C16H12F3N3. The SMILES string of the molecule is Fc1cc(F)cc(CCNc2ncnc3c(F)cccc23)c1. The van der Waals surface area contributed by atoms with Crippen LogP contribution in [0, 0.1) is 17.5 Å². The van der Waals surface area contributed by atoms with Crippen LogP contribution >= 0.6 is 0 Å². The Balaban J connectivity index is 1.76. The van der Waals surface area contributed by atoms with E-state index in [4.69, 9.17) is 0 Å². The molecule has 0 aliphatic rings. The van der Waals surface area contributed by atoms with Gasteiger partial charge in [-0.2, -0.15) is 0 Å². The zero-order valence-corrected chi connectivity index (χ0v) is 11.5. The number of benzene rings is 2. The van der Waals surface area contributed by atoms with Crippen molar-refractivity contribution in [1.82, 2.24) is 9.97 Å². The van der Waals surface area contributed by atoms with Gasteiger partial charge in [-0.05, 0) is 36.2 Å².